The molecule has 0 atom stereocenters. The predicted octanol–water partition coefficient (Wildman–Crippen LogP) is 1.93. The number of sulfonamides is 1. The van der Waals surface area contributed by atoms with E-state index in [9.17, 15) is 21.6 Å². The molecule has 1 aliphatic heterocycles. The molecule has 2 N–H and O–H groups in total. The molecular weight excluding hydrogens is 526 g/mol. The van der Waals surface area contributed by atoms with Gasteiger partial charge in [-0.25, -0.2) is 13.4 Å². The fourth-order valence-corrected chi connectivity index (χ4v) is 3.79. The average Bonchev–Trinajstić information content (AvgIpc) is 2.67. The molecule has 0 bridgehead atoms. The Morgan fingerprint density at radius 3 is 2.52 bits per heavy atom. The lowest BCUT2D eigenvalue weighted by atomic mass is 9.98. The highest BCUT2D eigenvalue weighted by atomic mass is 127. The van der Waals surface area contributed by atoms with Crippen molar-refractivity contribution in [3.05, 3.63) is 23.9 Å². The van der Waals surface area contributed by atoms with E-state index in [0.29, 0.717) is 42.1 Å². The third kappa shape index (κ3) is 7.13. The first-order valence-electron chi connectivity index (χ1n) is 8.68. The average molecular weight is 551 g/mol. The Bertz CT molecular complexity index is 784. The molecule has 0 saturated carbocycles. The van der Waals surface area contributed by atoms with Crippen molar-refractivity contribution in [2.45, 2.75) is 24.9 Å². The predicted molar refractivity (Wildman–Crippen MR) is 114 cm³/mol. The van der Waals surface area contributed by atoms with Gasteiger partial charge in [-0.15, -0.1) is 24.0 Å². The fraction of sp³-hybridized carbons (Fsp3) is 0.625. The van der Waals surface area contributed by atoms with Crippen molar-refractivity contribution in [1.82, 2.24) is 19.9 Å². The number of nitrogens with zero attached hydrogens (tertiary/aromatic N) is 3. The zero-order valence-corrected chi connectivity index (χ0v) is 19.2. The van der Waals surface area contributed by atoms with Crippen molar-refractivity contribution in [2.24, 2.45) is 10.9 Å². The van der Waals surface area contributed by atoms with Crippen LogP contribution in [0.25, 0.3) is 0 Å². The standard InChI is InChI=1S/C16H24F3N5O3S.HI/c1-20-15(22-11-13-4-3-5-14(23-13)27-2)21-10-12-6-8-24(9-7-12)28(25,26)16(17,18)19;/h3-5,12H,6-11H2,1-2H3,(H2,20,21,22);1H. The van der Waals surface area contributed by atoms with Crippen LogP contribution in [0.2, 0.25) is 0 Å². The number of rotatable bonds is 6. The second kappa shape index (κ2) is 11.2. The van der Waals surface area contributed by atoms with E-state index in [1.165, 1.54) is 7.11 Å². The van der Waals surface area contributed by atoms with Gasteiger partial charge in [-0.1, -0.05) is 6.07 Å². The number of nitrogens with one attached hydrogen (secondary N) is 2. The number of hydrogen-bond donors (Lipinski definition) is 2. The Labute approximate surface area is 185 Å². The number of alkyl halides is 3. The van der Waals surface area contributed by atoms with Crippen LogP contribution in [0.15, 0.2) is 23.2 Å². The molecule has 0 radical (unpaired) electrons. The van der Waals surface area contributed by atoms with Crippen molar-refractivity contribution in [2.75, 3.05) is 33.8 Å². The van der Waals surface area contributed by atoms with E-state index >= 15 is 0 Å². The first-order chi connectivity index (χ1) is 13.2. The third-order valence-corrected chi connectivity index (χ3v) is 6.04. The summed E-state index contributed by atoms with van der Waals surface area (Å²) in [6.07, 6.45) is 0.688. The van der Waals surface area contributed by atoms with Crippen LogP contribution < -0.4 is 15.4 Å². The SMILES string of the molecule is CN=C(NCc1cccc(OC)n1)NCC1CCN(S(=O)(=O)C(F)(F)F)CC1.I. The van der Waals surface area contributed by atoms with Crippen molar-refractivity contribution in [3.8, 4) is 5.88 Å². The van der Waals surface area contributed by atoms with Crippen LogP contribution in [0, 0.1) is 5.92 Å². The summed E-state index contributed by atoms with van der Waals surface area (Å²) in [6, 6.07) is 5.39. The lowest BCUT2D eigenvalue weighted by Crippen LogP contribution is -2.47. The molecule has 2 heterocycles. The lowest BCUT2D eigenvalue weighted by molar-refractivity contribution is -0.0496. The number of aromatic nitrogens is 1. The summed E-state index contributed by atoms with van der Waals surface area (Å²) in [7, 11) is -2.11. The van der Waals surface area contributed by atoms with Gasteiger partial charge >= 0.3 is 15.5 Å². The normalized spacial score (nSPS) is 16.8. The fourth-order valence-electron chi connectivity index (χ4n) is 2.81. The molecule has 1 saturated heterocycles. The molecule has 0 aromatic carbocycles. The Kier molecular flexibility index (Phi) is 9.88. The van der Waals surface area contributed by atoms with Gasteiger partial charge in [0, 0.05) is 32.7 Å². The van der Waals surface area contributed by atoms with Gasteiger partial charge in [-0.3, -0.25) is 4.99 Å². The summed E-state index contributed by atoms with van der Waals surface area (Å²) < 4.78 is 66.3. The molecule has 0 amide bonds. The van der Waals surface area contributed by atoms with E-state index in [0.717, 1.165) is 5.69 Å². The minimum Gasteiger partial charge on any atom is -0.481 e. The van der Waals surface area contributed by atoms with Gasteiger partial charge < -0.3 is 15.4 Å². The van der Waals surface area contributed by atoms with Crippen molar-refractivity contribution in [1.29, 1.82) is 0 Å². The Morgan fingerprint density at radius 1 is 1.31 bits per heavy atom. The number of methoxy groups -OCH3 is 1. The quantitative estimate of drug-likeness (QED) is 0.319. The van der Waals surface area contributed by atoms with E-state index < -0.39 is 15.5 Å². The zero-order chi connectivity index (χ0) is 20.8. The maximum Gasteiger partial charge on any atom is 0.511 e. The largest absolute Gasteiger partial charge is 0.511 e. The van der Waals surface area contributed by atoms with Gasteiger partial charge in [0.05, 0.1) is 19.3 Å². The monoisotopic (exact) mass is 551 g/mol. The molecule has 1 aromatic rings. The third-order valence-electron chi connectivity index (χ3n) is 4.42. The number of halogens is 4. The van der Waals surface area contributed by atoms with Crippen molar-refractivity contribution < 1.29 is 26.3 Å². The smallest absolute Gasteiger partial charge is 0.481 e. The number of pyridine rings is 1. The van der Waals surface area contributed by atoms with Crippen LogP contribution in [0.1, 0.15) is 18.5 Å². The van der Waals surface area contributed by atoms with E-state index in [1.54, 1.807) is 13.1 Å². The second-order valence-corrected chi connectivity index (χ2v) is 8.20. The molecule has 8 nitrogen and oxygen atoms in total. The number of guanidine groups is 1. The van der Waals surface area contributed by atoms with Crippen LogP contribution in [0.3, 0.4) is 0 Å². The number of aliphatic imine (C=N–C) groups is 1. The molecule has 13 heteroatoms. The highest BCUT2D eigenvalue weighted by Gasteiger charge is 2.50. The summed E-state index contributed by atoms with van der Waals surface area (Å²) in [5, 5.41) is 6.21. The van der Waals surface area contributed by atoms with Crippen LogP contribution in [0.5, 0.6) is 5.88 Å². The first-order valence-corrected chi connectivity index (χ1v) is 10.1. The number of piperidine rings is 1. The minimum absolute atomic E-state index is 0. The summed E-state index contributed by atoms with van der Waals surface area (Å²) in [5.74, 6) is 1.07. The summed E-state index contributed by atoms with van der Waals surface area (Å²) in [5.41, 5.74) is -4.49. The molecule has 0 spiro atoms. The van der Waals surface area contributed by atoms with E-state index in [-0.39, 0.29) is 43.0 Å². The zero-order valence-electron chi connectivity index (χ0n) is 16.1. The molecule has 2 rings (SSSR count). The van der Waals surface area contributed by atoms with Crippen molar-refractivity contribution >= 4 is 40.0 Å². The van der Waals surface area contributed by atoms with Crippen LogP contribution in [-0.4, -0.2) is 63.0 Å². The van der Waals surface area contributed by atoms with Gasteiger partial charge in [0.1, 0.15) is 0 Å². The van der Waals surface area contributed by atoms with Gasteiger partial charge in [0.25, 0.3) is 0 Å². The van der Waals surface area contributed by atoms with Crippen LogP contribution in [0.4, 0.5) is 13.2 Å². The Hall–Kier alpha value is -1.35. The summed E-state index contributed by atoms with van der Waals surface area (Å²) in [4.78, 5) is 8.37. The number of ether oxygens (including phenoxy) is 1. The Morgan fingerprint density at radius 2 is 1.97 bits per heavy atom. The molecule has 1 aliphatic rings. The lowest BCUT2D eigenvalue weighted by Gasteiger charge is -2.31. The molecule has 0 aliphatic carbocycles. The van der Waals surface area contributed by atoms with E-state index in [2.05, 4.69) is 20.6 Å². The highest BCUT2D eigenvalue weighted by molar-refractivity contribution is 14.0. The minimum atomic E-state index is -5.25. The molecule has 166 valence electrons. The van der Waals surface area contributed by atoms with Crippen LogP contribution >= 0.6 is 24.0 Å². The molecule has 1 aromatic heterocycles. The highest BCUT2D eigenvalue weighted by Crippen LogP contribution is 2.30. The number of hydrogen-bond acceptors (Lipinski definition) is 5. The van der Waals surface area contributed by atoms with Gasteiger partial charge in [0.15, 0.2) is 5.96 Å². The maximum atomic E-state index is 12.6. The van der Waals surface area contributed by atoms with E-state index in [1.807, 2.05) is 12.1 Å². The molecule has 0 unspecified atom stereocenters. The van der Waals surface area contributed by atoms with Gasteiger partial charge in [-0.05, 0) is 24.8 Å². The Balaban J connectivity index is 0.00000420. The maximum absolute atomic E-state index is 12.6. The second-order valence-electron chi connectivity index (χ2n) is 6.27. The summed E-state index contributed by atoms with van der Waals surface area (Å²) in [6.45, 7) is 0.603. The van der Waals surface area contributed by atoms with Gasteiger partial charge in [0.2, 0.25) is 5.88 Å². The van der Waals surface area contributed by atoms with Crippen LogP contribution in [-0.2, 0) is 16.6 Å². The molecule has 29 heavy (non-hydrogen) atoms. The van der Waals surface area contributed by atoms with Crippen molar-refractivity contribution in [3.63, 3.8) is 0 Å². The molecular formula is C16H25F3IN5O3S. The topological polar surface area (TPSA) is 95.9 Å². The van der Waals surface area contributed by atoms with E-state index in [4.69, 9.17) is 4.74 Å². The first kappa shape index (κ1) is 25.7. The van der Waals surface area contributed by atoms with Gasteiger partial charge in [-0.2, -0.15) is 17.5 Å². The summed E-state index contributed by atoms with van der Waals surface area (Å²) >= 11 is 0. The molecule has 1 fully saturated rings.